The van der Waals surface area contributed by atoms with E-state index in [0.29, 0.717) is 11.4 Å². The van der Waals surface area contributed by atoms with Crippen molar-refractivity contribution in [1.82, 2.24) is 0 Å². The summed E-state index contributed by atoms with van der Waals surface area (Å²) in [6, 6.07) is 12.7. The van der Waals surface area contributed by atoms with Gasteiger partial charge in [0.05, 0.1) is 16.6 Å². The van der Waals surface area contributed by atoms with E-state index in [9.17, 15) is 4.79 Å². The lowest BCUT2D eigenvalue weighted by atomic mass is 10.1. The first kappa shape index (κ1) is 14.4. The van der Waals surface area contributed by atoms with E-state index < -0.39 is 5.97 Å². The molecule has 0 saturated heterocycles. The molecule has 0 fully saturated rings. The van der Waals surface area contributed by atoms with Crippen LogP contribution in [0.5, 0.6) is 5.75 Å². The third-order valence-electron chi connectivity index (χ3n) is 2.83. The van der Waals surface area contributed by atoms with Gasteiger partial charge in [-0.2, -0.15) is 0 Å². The highest BCUT2D eigenvalue weighted by Gasteiger charge is 2.09. The van der Waals surface area contributed by atoms with Crippen LogP contribution in [0.2, 0.25) is 0 Å². The number of nitrogen functional groups attached to an aromatic ring is 1. The van der Waals surface area contributed by atoms with E-state index in [2.05, 4.69) is 15.9 Å². The number of benzene rings is 2. The molecular weight excluding hydrogens is 322 g/mol. The molecule has 5 heteroatoms. The topological polar surface area (TPSA) is 72.5 Å². The summed E-state index contributed by atoms with van der Waals surface area (Å²) in [5.41, 5.74) is 7.97. The van der Waals surface area contributed by atoms with E-state index in [-0.39, 0.29) is 13.0 Å². The molecule has 2 rings (SSSR count). The Bertz CT molecular complexity index is 608. The number of nitrogens with two attached hydrogens (primary N) is 1. The second-order valence-electron chi connectivity index (χ2n) is 4.29. The van der Waals surface area contributed by atoms with Crippen LogP contribution in [0.4, 0.5) is 5.69 Å². The van der Waals surface area contributed by atoms with E-state index in [1.807, 2.05) is 30.3 Å². The number of aliphatic carboxylic acids is 1. The number of para-hydroxylation sites is 1. The summed E-state index contributed by atoms with van der Waals surface area (Å²) in [6.07, 6.45) is -0.0228. The van der Waals surface area contributed by atoms with Crippen molar-refractivity contribution in [2.24, 2.45) is 0 Å². The standard InChI is InChI=1S/C15H14BrNO3/c16-12-6-3-7-13(17)15(12)20-9-11-5-2-1-4-10(11)8-14(18)19/h1-7H,8-9,17H2,(H,18,19). The molecule has 2 aromatic carbocycles. The van der Waals surface area contributed by atoms with Crippen molar-refractivity contribution < 1.29 is 14.6 Å². The molecule has 104 valence electrons. The highest BCUT2D eigenvalue weighted by atomic mass is 79.9. The molecule has 0 radical (unpaired) electrons. The Morgan fingerprint density at radius 1 is 1.15 bits per heavy atom. The molecule has 0 aromatic heterocycles. The minimum absolute atomic E-state index is 0.0228. The maximum absolute atomic E-state index is 10.8. The van der Waals surface area contributed by atoms with Crippen LogP contribution in [-0.4, -0.2) is 11.1 Å². The minimum Gasteiger partial charge on any atom is -0.486 e. The Kier molecular flexibility index (Phi) is 4.63. The predicted molar refractivity (Wildman–Crippen MR) is 80.7 cm³/mol. The van der Waals surface area contributed by atoms with Crippen LogP contribution in [0.3, 0.4) is 0 Å². The van der Waals surface area contributed by atoms with Crippen LogP contribution in [0.15, 0.2) is 46.9 Å². The Morgan fingerprint density at radius 3 is 2.50 bits per heavy atom. The molecule has 0 spiro atoms. The summed E-state index contributed by atoms with van der Waals surface area (Å²) in [4.78, 5) is 10.8. The molecule has 0 heterocycles. The zero-order valence-corrected chi connectivity index (χ0v) is 12.3. The van der Waals surface area contributed by atoms with Crippen molar-refractivity contribution in [3.05, 3.63) is 58.1 Å². The first-order chi connectivity index (χ1) is 9.58. The van der Waals surface area contributed by atoms with Gasteiger partial charge < -0.3 is 15.6 Å². The first-order valence-corrected chi connectivity index (χ1v) is 6.82. The van der Waals surface area contributed by atoms with Gasteiger partial charge in [0.1, 0.15) is 6.61 Å². The molecule has 0 aliphatic carbocycles. The number of carbonyl (C=O) groups is 1. The number of halogens is 1. The van der Waals surface area contributed by atoms with Crippen molar-refractivity contribution >= 4 is 27.6 Å². The van der Waals surface area contributed by atoms with Gasteiger partial charge in [0.2, 0.25) is 0 Å². The van der Waals surface area contributed by atoms with Gasteiger partial charge in [-0.25, -0.2) is 0 Å². The Balaban J connectivity index is 2.17. The van der Waals surface area contributed by atoms with Gasteiger partial charge in [0, 0.05) is 0 Å². The summed E-state index contributed by atoms with van der Waals surface area (Å²) in [5.74, 6) is -0.296. The molecule has 2 aromatic rings. The van der Waals surface area contributed by atoms with Crippen molar-refractivity contribution in [2.75, 3.05) is 5.73 Å². The fraction of sp³-hybridized carbons (Fsp3) is 0.133. The highest BCUT2D eigenvalue weighted by Crippen LogP contribution is 2.31. The average molecular weight is 336 g/mol. The largest absolute Gasteiger partial charge is 0.486 e. The monoisotopic (exact) mass is 335 g/mol. The van der Waals surface area contributed by atoms with Crippen LogP contribution in [0.1, 0.15) is 11.1 Å². The molecule has 20 heavy (non-hydrogen) atoms. The van der Waals surface area contributed by atoms with Gasteiger partial charge in [-0.3, -0.25) is 4.79 Å². The van der Waals surface area contributed by atoms with Crippen LogP contribution in [-0.2, 0) is 17.8 Å². The quantitative estimate of drug-likeness (QED) is 0.822. The lowest BCUT2D eigenvalue weighted by molar-refractivity contribution is -0.136. The van der Waals surface area contributed by atoms with E-state index in [4.69, 9.17) is 15.6 Å². The molecule has 0 amide bonds. The van der Waals surface area contributed by atoms with Crippen LogP contribution >= 0.6 is 15.9 Å². The number of hydrogen-bond acceptors (Lipinski definition) is 3. The Morgan fingerprint density at radius 2 is 1.85 bits per heavy atom. The summed E-state index contributed by atoms with van der Waals surface area (Å²) < 4.78 is 6.48. The van der Waals surface area contributed by atoms with E-state index >= 15 is 0 Å². The molecule has 4 nitrogen and oxygen atoms in total. The zero-order valence-electron chi connectivity index (χ0n) is 10.7. The number of anilines is 1. The smallest absolute Gasteiger partial charge is 0.307 e. The van der Waals surface area contributed by atoms with Gasteiger partial charge in [-0.15, -0.1) is 0 Å². The second kappa shape index (κ2) is 6.43. The van der Waals surface area contributed by atoms with Gasteiger partial charge in [-0.05, 0) is 39.2 Å². The zero-order chi connectivity index (χ0) is 14.5. The molecule has 0 bridgehead atoms. The minimum atomic E-state index is -0.863. The fourth-order valence-corrected chi connectivity index (χ4v) is 2.36. The lowest BCUT2D eigenvalue weighted by Gasteiger charge is -2.12. The van der Waals surface area contributed by atoms with Crippen molar-refractivity contribution in [1.29, 1.82) is 0 Å². The van der Waals surface area contributed by atoms with E-state index in [0.717, 1.165) is 15.6 Å². The Hall–Kier alpha value is -2.01. The third-order valence-corrected chi connectivity index (χ3v) is 3.45. The highest BCUT2D eigenvalue weighted by molar-refractivity contribution is 9.10. The van der Waals surface area contributed by atoms with Crippen LogP contribution in [0, 0.1) is 0 Å². The predicted octanol–water partition coefficient (Wildman–Crippen LogP) is 3.24. The summed E-state index contributed by atoms with van der Waals surface area (Å²) >= 11 is 3.38. The van der Waals surface area contributed by atoms with Gasteiger partial charge in [0.15, 0.2) is 5.75 Å². The van der Waals surface area contributed by atoms with Gasteiger partial charge in [0.25, 0.3) is 0 Å². The average Bonchev–Trinajstić information content (AvgIpc) is 2.39. The van der Waals surface area contributed by atoms with Gasteiger partial charge >= 0.3 is 5.97 Å². The maximum atomic E-state index is 10.8. The number of hydrogen-bond donors (Lipinski definition) is 2. The van der Waals surface area contributed by atoms with Crippen molar-refractivity contribution in [3.8, 4) is 5.75 Å². The third kappa shape index (κ3) is 3.51. The van der Waals surface area contributed by atoms with Gasteiger partial charge in [-0.1, -0.05) is 30.3 Å². The number of carboxylic acid groups (broad SMARTS) is 1. The fourth-order valence-electron chi connectivity index (χ4n) is 1.86. The van der Waals surface area contributed by atoms with Crippen molar-refractivity contribution in [3.63, 3.8) is 0 Å². The molecule has 0 aliphatic heterocycles. The van der Waals surface area contributed by atoms with E-state index in [1.165, 1.54) is 0 Å². The molecule has 3 N–H and O–H groups in total. The molecule has 0 unspecified atom stereocenters. The Labute approximate surface area is 125 Å². The van der Waals surface area contributed by atoms with Crippen LogP contribution in [0.25, 0.3) is 0 Å². The number of rotatable bonds is 5. The molecular formula is C15H14BrNO3. The van der Waals surface area contributed by atoms with E-state index in [1.54, 1.807) is 12.1 Å². The second-order valence-corrected chi connectivity index (χ2v) is 5.14. The molecule has 0 atom stereocenters. The lowest BCUT2D eigenvalue weighted by Crippen LogP contribution is -2.06. The SMILES string of the molecule is Nc1cccc(Br)c1OCc1ccccc1CC(=O)O. The molecule has 0 aliphatic rings. The normalized spacial score (nSPS) is 10.2. The van der Waals surface area contributed by atoms with Crippen molar-refractivity contribution in [2.45, 2.75) is 13.0 Å². The molecule has 0 saturated carbocycles. The summed E-state index contributed by atoms with van der Waals surface area (Å²) in [7, 11) is 0. The maximum Gasteiger partial charge on any atom is 0.307 e. The summed E-state index contributed by atoms with van der Waals surface area (Å²) in [6.45, 7) is 0.274. The van der Waals surface area contributed by atoms with Crippen LogP contribution < -0.4 is 10.5 Å². The number of ether oxygens (including phenoxy) is 1. The number of carboxylic acids is 1. The summed E-state index contributed by atoms with van der Waals surface area (Å²) in [5, 5.41) is 8.90. The first-order valence-electron chi connectivity index (χ1n) is 6.03.